The number of benzene rings is 3. The lowest BCUT2D eigenvalue weighted by molar-refractivity contribution is -0.596. The number of nitro groups is 3. The maximum atomic E-state index is 13.7. The van der Waals surface area contributed by atoms with Gasteiger partial charge < -0.3 is 5.11 Å². The molecule has 1 aromatic heterocycles. The van der Waals surface area contributed by atoms with Crippen molar-refractivity contribution in [3.63, 3.8) is 0 Å². The number of non-ortho nitro benzene ring substituents is 1. The van der Waals surface area contributed by atoms with Gasteiger partial charge in [-0.15, -0.1) is 0 Å². The molecule has 0 bridgehead atoms. The molecule has 0 saturated carbocycles. The van der Waals surface area contributed by atoms with Crippen LogP contribution >= 0.6 is 11.6 Å². The first-order valence-electron chi connectivity index (χ1n) is 10.4. The lowest BCUT2D eigenvalue weighted by atomic mass is 10.0. The molecule has 0 unspecified atom stereocenters. The average Bonchev–Trinajstić information content (AvgIpc) is 3.34. The highest BCUT2D eigenvalue weighted by Gasteiger charge is 2.36. The largest absolute Gasteiger partial charge is 0.870 e. The van der Waals surface area contributed by atoms with E-state index in [1.54, 1.807) is 12.1 Å². The SMILES string of the molecule is Cc1ccc(-[n+]2cnn(/C(=C(/[O-])c3ccc(Cl)cc3)c3c([N+](=O)[O-])cc([N+](=O)[O-])cc3[N+](=O)[O-])c2)cc1. The zero-order valence-electron chi connectivity index (χ0n) is 18.8. The molecule has 37 heavy (non-hydrogen) atoms. The van der Waals surface area contributed by atoms with E-state index in [0.717, 1.165) is 10.2 Å². The van der Waals surface area contributed by atoms with Crippen LogP contribution in [0.3, 0.4) is 0 Å². The highest BCUT2D eigenvalue weighted by Crippen LogP contribution is 2.40. The number of nitro benzene ring substituents is 3. The molecule has 1 heterocycles. The van der Waals surface area contributed by atoms with Gasteiger partial charge in [0, 0.05) is 10.1 Å². The number of rotatable bonds is 7. The summed E-state index contributed by atoms with van der Waals surface area (Å²) >= 11 is 5.91. The summed E-state index contributed by atoms with van der Waals surface area (Å²) in [6.45, 7) is 1.89. The minimum Gasteiger partial charge on any atom is -0.870 e. The second kappa shape index (κ2) is 9.83. The van der Waals surface area contributed by atoms with Crippen molar-refractivity contribution in [2.75, 3.05) is 0 Å². The molecule has 0 spiro atoms. The molecule has 0 N–H and O–H groups in total. The van der Waals surface area contributed by atoms with Gasteiger partial charge >= 0.3 is 0 Å². The number of aryl methyl sites for hydroxylation is 1. The molecule has 0 aliphatic heterocycles. The Hall–Kier alpha value is -5.17. The van der Waals surface area contributed by atoms with E-state index in [1.807, 2.05) is 19.1 Å². The van der Waals surface area contributed by atoms with E-state index < -0.39 is 48.9 Å². The van der Waals surface area contributed by atoms with Crippen molar-refractivity contribution in [1.29, 1.82) is 0 Å². The summed E-state index contributed by atoms with van der Waals surface area (Å²) in [6, 6.07) is 13.8. The van der Waals surface area contributed by atoms with Gasteiger partial charge in [0.05, 0.1) is 26.9 Å². The third kappa shape index (κ3) is 4.97. The van der Waals surface area contributed by atoms with Gasteiger partial charge in [-0.05, 0) is 36.8 Å². The Kier molecular flexibility index (Phi) is 6.63. The second-order valence-electron chi connectivity index (χ2n) is 7.75. The summed E-state index contributed by atoms with van der Waals surface area (Å²) in [7, 11) is 0. The number of hydrogen-bond acceptors (Lipinski definition) is 8. The minimum atomic E-state index is -1.03. The van der Waals surface area contributed by atoms with E-state index in [0.29, 0.717) is 22.8 Å². The van der Waals surface area contributed by atoms with Crippen LogP contribution in [0.15, 0.2) is 73.3 Å². The van der Waals surface area contributed by atoms with Crippen molar-refractivity contribution in [2.24, 2.45) is 0 Å². The fourth-order valence-corrected chi connectivity index (χ4v) is 3.68. The van der Waals surface area contributed by atoms with E-state index in [1.165, 1.54) is 41.5 Å². The molecule has 0 amide bonds. The van der Waals surface area contributed by atoms with Crippen molar-refractivity contribution in [1.82, 2.24) is 9.78 Å². The van der Waals surface area contributed by atoms with Gasteiger partial charge in [0.2, 0.25) is 6.33 Å². The van der Waals surface area contributed by atoms with Crippen LogP contribution in [0.25, 0.3) is 17.1 Å². The van der Waals surface area contributed by atoms with Gasteiger partial charge in [-0.25, -0.2) is 4.57 Å². The standard InChI is InChI=1S/C23H15ClN6O7/c1-14-2-8-17(9-3-14)26-12-25-27(13-26)22(23(31)15-4-6-16(24)7-5-15)21-19(29(34)35)10-18(28(32)33)11-20(21)30(36)37/h2-13H,1H3/b23-22+. The summed E-state index contributed by atoms with van der Waals surface area (Å²) in [5.41, 5.74) is -2.57. The number of aromatic nitrogens is 3. The zero-order chi connectivity index (χ0) is 26.9. The topological polar surface area (TPSA) is 174 Å². The Morgan fingerprint density at radius 2 is 1.46 bits per heavy atom. The molecule has 0 aliphatic carbocycles. The van der Waals surface area contributed by atoms with E-state index in [2.05, 4.69) is 5.10 Å². The normalized spacial score (nSPS) is 11.6. The number of halogens is 1. The maximum absolute atomic E-state index is 13.7. The van der Waals surface area contributed by atoms with Crippen LogP contribution in [0.5, 0.6) is 0 Å². The summed E-state index contributed by atoms with van der Waals surface area (Å²) in [4.78, 5) is 32.2. The van der Waals surface area contributed by atoms with Gasteiger partial charge in [-0.1, -0.05) is 51.9 Å². The van der Waals surface area contributed by atoms with Crippen molar-refractivity contribution in [2.45, 2.75) is 6.92 Å². The number of nitrogens with zero attached hydrogens (tertiary/aromatic N) is 6. The first kappa shape index (κ1) is 24.9. The average molecular weight is 523 g/mol. The van der Waals surface area contributed by atoms with E-state index in [4.69, 9.17) is 11.6 Å². The third-order valence-corrected chi connectivity index (χ3v) is 5.59. The second-order valence-corrected chi connectivity index (χ2v) is 8.19. The van der Waals surface area contributed by atoms with Crippen LogP contribution in [0, 0.1) is 37.3 Å². The molecule has 4 aromatic rings. The molecule has 13 nitrogen and oxygen atoms in total. The molecule has 4 rings (SSSR count). The van der Waals surface area contributed by atoms with Gasteiger partial charge in [-0.2, -0.15) is 0 Å². The monoisotopic (exact) mass is 522 g/mol. The molecule has 186 valence electrons. The predicted octanol–water partition coefficient (Wildman–Crippen LogP) is 3.58. The summed E-state index contributed by atoms with van der Waals surface area (Å²) in [5.74, 6) is -0.865. The first-order chi connectivity index (χ1) is 17.6. The van der Waals surface area contributed by atoms with Crippen molar-refractivity contribution in [3.8, 4) is 5.69 Å². The highest BCUT2D eigenvalue weighted by molar-refractivity contribution is 6.30. The fraction of sp³-hybridized carbons (Fsp3) is 0.0435. The van der Waals surface area contributed by atoms with Crippen LogP contribution in [0.2, 0.25) is 5.02 Å². The van der Waals surface area contributed by atoms with Gasteiger partial charge in [-0.3, -0.25) is 30.3 Å². The van der Waals surface area contributed by atoms with Crippen molar-refractivity contribution in [3.05, 3.63) is 125 Å². The maximum Gasteiger partial charge on any atom is 0.294 e. The Balaban J connectivity index is 2.07. The van der Waals surface area contributed by atoms with Crippen molar-refractivity contribution < 1.29 is 24.4 Å². The van der Waals surface area contributed by atoms with Crippen LogP contribution in [0.4, 0.5) is 17.1 Å². The Labute approximate surface area is 212 Å². The smallest absolute Gasteiger partial charge is 0.294 e. The predicted molar refractivity (Wildman–Crippen MR) is 129 cm³/mol. The van der Waals surface area contributed by atoms with Crippen LogP contribution < -0.4 is 9.67 Å². The first-order valence-corrected chi connectivity index (χ1v) is 10.8. The fourth-order valence-electron chi connectivity index (χ4n) is 3.56. The van der Waals surface area contributed by atoms with Crippen LogP contribution in [-0.2, 0) is 0 Å². The minimum absolute atomic E-state index is 0.00117. The van der Waals surface area contributed by atoms with Gasteiger partial charge in [0.1, 0.15) is 5.69 Å². The molecular formula is C23H15ClN6O7. The van der Waals surface area contributed by atoms with E-state index in [-0.39, 0.29) is 5.56 Å². The molecule has 0 saturated heterocycles. The Morgan fingerprint density at radius 3 is 1.97 bits per heavy atom. The highest BCUT2D eigenvalue weighted by atomic mass is 35.5. The lowest BCUT2D eigenvalue weighted by Crippen LogP contribution is -2.27. The van der Waals surface area contributed by atoms with Crippen LogP contribution in [-0.4, -0.2) is 24.6 Å². The molecule has 3 aromatic carbocycles. The van der Waals surface area contributed by atoms with Crippen molar-refractivity contribution >= 4 is 40.1 Å². The summed E-state index contributed by atoms with van der Waals surface area (Å²) in [6.07, 6.45) is 2.62. The molecule has 0 atom stereocenters. The lowest BCUT2D eigenvalue weighted by Gasteiger charge is -2.16. The van der Waals surface area contributed by atoms with E-state index in [9.17, 15) is 35.4 Å². The third-order valence-electron chi connectivity index (χ3n) is 5.34. The molecule has 14 heteroatoms. The zero-order valence-corrected chi connectivity index (χ0v) is 19.6. The summed E-state index contributed by atoms with van der Waals surface area (Å²) in [5, 5.41) is 53.4. The van der Waals surface area contributed by atoms with Gasteiger partial charge in [0.25, 0.3) is 23.4 Å². The molecule has 0 aliphatic rings. The Morgan fingerprint density at radius 1 is 0.892 bits per heavy atom. The molecular weight excluding hydrogens is 508 g/mol. The van der Waals surface area contributed by atoms with Crippen LogP contribution in [0.1, 0.15) is 16.7 Å². The number of hydrogen-bond donors (Lipinski definition) is 0. The Bertz CT molecular complexity index is 1550. The van der Waals surface area contributed by atoms with Gasteiger partial charge in [0.15, 0.2) is 11.3 Å². The summed E-state index contributed by atoms with van der Waals surface area (Å²) < 4.78 is 2.45. The quantitative estimate of drug-likeness (QED) is 0.116. The molecule has 0 fully saturated rings. The van der Waals surface area contributed by atoms with E-state index >= 15 is 0 Å². The molecule has 0 radical (unpaired) electrons.